The molecule has 186 valence electrons. The first-order valence-electron chi connectivity index (χ1n) is 10.5. The molecule has 2 amide bonds. The summed E-state index contributed by atoms with van der Waals surface area (Å²) in [5.74, 6) is -0.558. The van der Waals surface area contributed by atoms with Gasteiger partial charge in [-0.25, -0.2) is 8.42 Å². The van der Waals surface area contributed by atoms with E-state index < -0.39 is 28.5 Å². The van der Waals surface area contributed by atoms with Crippen molar-refractivity contribution in [2.24, 2.45) is 0 Å². The lowest BCUT2D eigenvalue weighted by Gasteiger charge is -2.32. The molecule has 0 aliphatic heterocycles. The fourth-order valence-electron chi connectivity index (χ4n) is 3.22. The number of ether oxygens (including phenoxy) is 1. The number of amides is 2. The Hall–Kier alpha value is -2.49. The Labute approximate surface area is 210 Å². The van der Waals surface area contributed by atoms with Crippen LogP contribution < -0.4 is 14.4 Å². The molecule has 11 heteroatoms. The number of methoxy groups -OCH3 is 1. The van der Waals surface area contributed by atoms with Crippen molar-refractivity contribution >= 4 is 50.7 Å². The van der Waals surface area contributed by atoms with Gasteiger partial charge in [-0.3, -0.25) is 13.9 Å². The van der Waals surface area contributed by atoms with Crippen molar-refractivity contribution in [1.29, 1.82) is 0 Å². The van der Waals surface area contributed by atoms with Gasteiger partial charge in [-0.05, 0) is 45.0 Å². The normalized spacial score (nSPS) is 12.2. The molecule has 0 aliphatic carbocycles. The predicted molar refractivity (Wildman–Crippen MR) is 135 cm³/mol. The van der Waals surface area contributed by atoms with Gasteiger partial charge >= 0.3 is 0 Å². The van der Waals surface area contributed by atoms with Crippen molar-refractivity contribution < 1.29 is 22.7 Å². The van der Waals surface area contributed by atoms with E-state index in [0.717, 1.165) is 10.6 Å². The molecule has 0 spiro atoms. The lowest BCUT2D eigenvalue weighted by Crippen LogP contribution is -2.52. The van der Waals surface area contributed by atoms with Crippen LogP contribution in [0.15, 0.2) is 42.5 Å². The molecule has 2 aromatic carbocycles. The van der Waals surface area contributed by atoms with E-state index in [-0.39, 0.29) is 24.2 Å². The standard InChI is InChI=1S/C23H29Cl2N3O5S/c1-15(2)26-23(30)16(3)27(13-19-20(24)10-7-11-21(19)25)22(29)14-28(34(5,31)32)17-8-6-9-18(12-17)33-4/h6-12,15-16H,13-14H2,1-5H3,(H,26,30)/t16-/m1/s1. The molecule has 0 aliphatic rings. The van der Waals surface area contributed by atoms with Crippen LogP contribution in [0, 0.1) is 0 Å². The van der Waals surface area contributed by atoms with Gasteiger partial charge in [0.1, 0.15) is 18.3 Å². The Bertz CT molecular complexity index is 1120. The van der Waals surface area contributed by atoms with Gasteiger partial charge in [-0.2, -0.15) is 0 Å². The minimum Gasteiger partial charge on any atom is -0.497 e. The van der Waals surface area contributed by atoms with Crippen molar-refractivity contribution in [3.8, 4) is 5.75 Å². The molecule has 8 nitrogen and oxygen atoms in total. The SMILES string of the molecule is COc1cccc(N(CC(=O)N(Cc2c(Cl)cccc2Cl)[C@H](C)C(=O)NC(C)C)S(C)(=O)=O)c1. The first-order chi connectivity index (χ1) is 15.8. The minimum absolute atomic E-state index is 0.0836. The monoisotopic (exact) mass is 529 g/mol. The quantitative estimate of drug-likeness (QED) is 0.506. The van der Waals surface area contributed by atoms with Crippen molar-refractivity contribution in [1.82, 2.24) is 10.2 Å². The zero-order valence-corrected chi connectivity index (χ0v) is 22.0. The van der Waals surface area contributed by atoms with Crippen molar-refractivity contribution in [3.63, 3.8) is 0 Å². The number of carbonyl (C=O) groups is 2. The number of hydrogen-bond acceptors (Lipinski definition) is 5. The maximum atomic E-state index is 13.5. The molecule has 1 N–H and O–H groups in total. The van der Waals surface area contributed by atoms with E-state index in [1.807, 2.05) is 0 Å². The molecule has 0 radical (unpaired) electrons. The van der Waals surface area contributed by atoms with Gasteiger partial charge in [0.2, 0.25) is 21.8 Å². The third-order valence-electron chi connectivity index (χ3n) is 5.01. The van der Waals surface area contributed by atoms with Crippen LogP contribution in [-0.4, -0.2) is 57.1 Å². The molecule has 0 saturated heterocycles. The number of nitrogens with one attached hydrogen (secondary N) is 1. The number of hydrogen-bond donors (Lipinski definition) is 1. The Morgan fingerprint density at radius 2 is 1.65 bits per heavy atom. The van der Waals surface area contributed by atoms with Gasteiger partial charge in [0.05, 0.1) is 19.1 Å². The highest BCUT2D eigenvalue weighted by Crippen LogP contribution is 2.28. The lowest BCUT2D eigenvalue weighted by atomic mass is 10.1. The summed E-state index contributed by atoms with van der Waals surface area (Å²) in [4.78, 5) is 27.6. The van der Waals surface area contributed by atoms with Crippen molar-refractivity contribution in [3.05, 3.63) is 58.1 Å². The van der Waals surface area contributed by atoms with E-state index in [9.17, 15) is 18.0 Å². The first kappa shape index (κ1) is 27.8. The maximum absolute atomic E-state index is 13.5. The zero-order valence-electron chi connectivity index (χ0n) is 19.7. The summed E-state index contributed by atoms with van der Waals surface area (Å²) in [6.07, 6.45) is 1.00. The van der Waals surface area contributed by atoms with Crippen molar-refractivity contribution in [2.45, 2.75) is 39.4 Å². The largest absolute Gasteiger partial charge is 0.497 e. The van der Waals surface area contributed by atoms with E-state index in [2.05, 4.69) is 5.32 Å². The summed E-state index contributed by atoms with van der Waals surface area (Å²) in [5, 5.41) is 3.43. The van der Waals surface area contributed by atoms with E-state index in [1.54, 1.807) is 57.2 Å². The summed E-state index contributed by atoms with van der Waals surface area (Å²) in [5.41, 5.74) is 0.709. The van der Waals surface area contributed by atoms with Crippen LogP contribution in [0.5, 0.6) is 5.75 Å². The second-order valence-corrected chi connectivity index (χ2v) is 10.8. The summed E-state index contributed by atoms with van der Waals surface area (Å²) in [6, 6.07) is 10.2. The molecule has 1 atom stereocenters. The Morgan fingerprint density at radius 3 is 2.18 bits per heavy atom. The summed E-state index contributed by atoms with van der Waals surface area (Å²) in [6.45, 7) is 4.55. The van der Waals surface area contributed by atoms with Crippen LogP contribution in [-0.2, 0) is 26.2 Å². The predicted octanol–water partition coefficient (Wildman–Crippen LogP) is 3.71. The van der Waals surface area contributed by atoms with Gasteiger partial charge in [0, 0.05) is 34.3 Å². The van der Waals surface area contributed by atoms with Crippen LogP contribution in [0.3, 0.4) is 0 Å². The van der Waals surface area contributed by atoms with E-state index in [0.29, 0.717) is 21.4 Å². The third kappa shape index (κ3) is 7.25. The molecule has 0 aromatic heterocycles. The average molecular weight is 530 g/mol. The number of carbonyl (C=O) groups excluding carboxylic acids is 2. The van der Waals surface area contributed by atoms with E-state index in [1.165, 1.54) is 18.1 Å². The zero-order chi connectivity index (χ0) is 25.6. The van der Waals surface area contributed by atoms with Crippen LogP contribution in [0.2, 0.25) is 10.0 Å². The van der Waals surface area contributed by atoms with Crippen LogP contribution in [0.25, 0.3) is 0 Å². The van der Waals surface area contributed by atoms with Crippen LogP contribution in [0.4, 0.5) is 5.69 Å². The van der Waals surface area contributed by atoms with Gasteiger partial charge in [-0.15, -0.1) is 0 Å². The lowest BCUT2D eigenvalue weighted by molar-refractivity contribution is -0.139. The van der Waals surface area contributed by atoms with E-state index >= 15 is 0 Å². The average Bonchev–Trinajstić information content (AvgIpc) is 2.75. The van der Waals surface area contributed by atoms with Crippen LogP contribution in [0.1, 0.15) is 26.3 Å². The molecule has 34 heavy (non-hydrogen) atoms. The summed E-state index contributed by atoms with van der Waals surface area (Å²) < 4.78 is 31.3. The highest BCUT2D eigenvalue weighted by atomic mass is 35.5. The summed E-state index contributed by atoms with van der Waals surface area (Å²) >= 11 is 12.6. The fourth-order valence-corrected chi connectivity index (χ4v) is 4.58. The van der Waals surface area contributed by atoms with Crippen molar-refractivity contribution in [2.75, 3.05) is 24.2 Å². The number of rotatable bonds is 10. The van der Waals surface area contributed by atoms with Gasteiger partial charge < -0.3 is 15.0 Å². The Kier molecular flexibility index (Phi) is 9.61. The van der Waals surface area contributed by atoms with Gasteiger partial charge in [0.15, 0.2) is 0 Å². The molecule has 2 aromatic rings. The second-order valence-electron chi connectivity index (χ2n) is 8.03. The highest BCUT2D eigenvalue weighted by molar-refractivity contribution is 7.92. The molecular formula is C23H29Cl2N3O5S. The first-order valence-corrected chi connectivity index (χ1v) is 13.1. The molecule has 0 saturated carbocycles. The second kappa shape index (κ2) is 11.8. The molecule has 2 rings (SSSR count). The maximum Gasteiger partial charge on any atom is 0.244 e. The Morgan fingerprint density at radius 1 is 1.06 bits per heavy atom. The minimum atomic E-state index is -3.85. The highest BCUT2D eigenvalue weighted by Gasteiger charge is 2.31. The van der Waals surface area contributed by atoms with Gasteiger partial charge in [-0.1, -0.05) is 35.3 Å². The van der Waals surface area contributed by atoms with Crippen LogP contribution >= 0.6 is 23.2 Å². The molecule has 0 bridgehead atoms. The molecular weight excluding hydrogens is 501 g/mol. The molecule has 0 unspecified atom stereocenters. The number of nitrogens with zero attached hydrogens (tertiary/aromatic N) is 2. The fraction of sp³-hybridized carbons (Fsp3) is 0.391. The smallest absolute Gasteiger partial charge is 0.244 e. The summed E-state index contributed by atoms with van der Waals surface area (Å²) in [7, 11) is -2.39. The van der Waals surface area contributed by atoms with E-state index in [4.69, 9.17) is 27.9 Å². The number of anilines is 1. The number of sulfonamides is 1. The number of halogens is 2. The van der Waals surface area contributed by atoms with Gasteiger partial charge in [0.25, 0.3) is 0 Å². The molecule has 0 fully saturated rings. The number of benzene rings is 2. The topological polar surface area (TPSA) is 96.0 Å². The molecule has 0 heterocycles. The third-order valence-corrected chi connectivity index (χ3v) is 6.86. The Balaban J connectivity index is 2.46.